The van der Waals surface area contributed by atoms with Crippen LogP contribution in [0.1, 0.15) is 93.1 Å². The highest BCUT2D eigenvalue weighted by atomic mass is 16.5. The van der Waals surface area contributed by atoms with E-state index in [1.165, 1.54) is 14.0 Å². The van der Waals surface area contributed by atoms with E-state index >= 15 is 0 Å². The number of likely N-dealkylation sites (N-methyl/N-ethyl adjacent to an activating group) is 2. The van der Waals surface area contributed by atoms with E-state index in [0.717, 1.165) is 5.56 Å². The molecule has 0 spiro atoms. The first-order chi connectivity index (χ1) is 29.2. The van der Waals surface area contributed by atoms with Gasteiger partial charge in [-0.1, -0.05) is 85.2 Å². The zero-order valence-electron chi connectivity index (χ0n) is 39.8. The molecular formula is C46H79N7O9. The number of esters is 1. The van der Waals surface area contributed by atoms with Crippen LogP contribution in [0.4, 0.5) is 0 Å². The lowest BCUT2D eigenvalue weighted by atomic mass is 9.89. The van der Waals surface area contributed by atoms with Crippen molar-refractivity contribution in [3.8, 4) is 0 Å². The first-order valence-corrected chi connectivity index (χ1v) is 22.3. The summed E-state index contributed by atoms with van der Waals surface area (Å²) in [4.78, 5) is 86.6. The van der Waals surface area contributed by atoms with Gasteiger partial charge in [-0.3, -0.25) is 33.7 Å². The molecule has 16 heteroatoms. The zero-order valence-corrected chi connectivity index (χ0v) is 39.8. The van der Waals surface area contributed by atoms with Crippen LogP contribution in [0.5, 0.6) is 0 Å². The summed E-state index contributed by atoms with van der Waals surface area (Å²) in [5.74, 6) is -2.95. The highest BCUT2D eigenvalue weighted by molar-refractivity contribution is 5.91. The van der Waals surface area contributed by atoms with Crippen LogP contribution in [-0.4, -0.2) is 154 Å². The molecule has 1 aliphatic heterocycles. The number of ether oxygens (including phenoxy) is 3. The Balaban J connectivity index is 2.27. The van der Waals surface area contributed by atoms with E-state index in [1.807, 2.05) is 90.9 Å². The Morgan fingerprint density at radius 3 is 2.05 bits per heavy atom. The minimum atomic E-state index is -0.911. The van der Waals surface area contributed by atoms with E-state index in [4.69, 9.17) is 19.9 Å². The van der Waals surface area contributed by atoms with Crippen molar-refractivity contribution in [2.24, 2.45) is 29.4 Å². The molecule has 2 rings (SSSR count). The van der Waals surface area contributed by atoms with Gasteiger partial charge in [0.1, 0.15) is 18.1 Å². The summed E-state index contributed by atoms with van der Waals surface area (Å²) in [6, 6.07) is 5.57. The van der Waals surface area contributed by atoms with Crippen LogP contribution in [-0.2, 0) is 49.4 Å². The highest BCUT2D eigenvalue weighted by Gasteiger charge is 2.43. The Morgan fingerprint density at radius 2 is 1.52 bits per heavy atom. The monoisotopic (exact) mass is 874 g/mol. The lowest BCUT2D eigenvalue weighted by Crippen LogP contribution is -2.59. The molecule has 352 valence electrons. The zero-order chi connectivity index (χ0) is 46.8. The molecule has 1 aliphatic rings. The van der Waals surface area contributed by atoms with Crippen LogP contribution in [0.2, 0.25) is 0 Å². The second-order valence-corrected chi connectivity index (χ2v) is 17.8. The van der Waals surface area contributed by atoms with Gasteiger partial charge >= 0.3 is 5.97 Å². The van der Waals surface area contributed by atoms with Gasteiger partial charge in [0.15, 0.2) is 0 Å². The number of amides is 5. The number of nitrogens with one attached hydrogen (secondary N) is 3. The fourth-order valence-corrected chi connectivity index (χ4v) is 8.48. The number of carbonyl (C=O) groups excluding carboxylic acids is 6. The molecule has 0 aromatic heterocycles. The van der Waals surface area contributed by atoms with Crippen LogP contribution in [0.15, 0.2) is 30.3 Å². The summed E-state index contributed by atoms with van der Waals surface area (Å²) >= 11 is 0. The number of nitrogens with zero attached hydrogens (tertiary/aromatic N) is 3. The lowest BCUT2D eigenvalue weighted by molar-refractivity contribution is -0.148. The third-order valence-corrected chi connectivity index (χ3v) is 12.1. The number of methoxy groups -OCH3 is 2. The minimum Gasteiger partial charge on any atom is -0.464 e. The molecule has 62 heavy (non-hydrogen) atoms. The molecule has 0 saturated carbocycles. The largest absolute Gasteiger partial charge is 0.464 e. The van der Waals surface area contributed by atoms with Crippen LogP contribution >= 0.6 is 0 Å². The van der Waals surface area contributed by atoms with E-state index in [1.54, 1.807) is 30.9 Å². The molecule has 10 atom stereocenters. The molecule has 0 aliphatic carbocycles. The molecule has 0 bridgehead atoms. The van der Waals surface area contributed by atoms with E-state index in [9.17, 15) is 28.8 Å². The Morgan fingerprint density at radius 1 is 0.871 bits per heavy atom. The maximum atomic E-state index is 14.4. The standard InChI is InChI=1S/C46H79N7O9/c1-14-30(6)40(52(11)45(58)38(28(2)3)50-44(57)39(29(4)5)51(9)10)36(60-12)27-37(54)53-24-18-22-35(53)41(61-13)31(7)42(55)49-34(26-33-20-16-15-17-21-33)43(56)48-23-19-25-62-46(59)32(8)47/h15-17,20-21,28-32,34-36,38-41H,14,18-19,22-27,47H2,1-13H3,(H,48,56)(H,49,55)(H,50,57)/t30-,31+,32-,34-,35-,36+,38-,39?,40?,41+/m0/s1. The van der Waals surface area contributed by atoms with E-state index in [2.05, 4.69) is 16.0 Å². The number of nitrogens with two attached hydrogens (primary N) is 1. The Hall–Kier alpha value is -4.12. The lowest BCUT2D eigenvalue weighted by Gasteiger charge is -2.41. The molecule has 5 N–H and O–H groups in total. The summed E-state index contributed by atoms with van der Waals surface area (Å²) < 4.78 is 17.1. The van der Waals surface area contributed by atoms with Crippen LogP contribution < -0.4 is 21.7 Å². The van der Waals surface area contributed by atoms with E-state index < -0.39 is 66.3 Å². The van der Waals surface area contributed by atoms with Gasteiger partial charge in [-0.15, -0.1) is 0 Å². The molecular weight excluding hydrogens is 795 g/mol. The summed E-state index contributed by atoms with van der Waals surface area (Å²) in [5.41, 5.74) is 6.40. The van der Waals surface area contributed by atoms with Crippen molar-refractivity contribution < 1.29 is 43.0 Å². The van der Waals surface area contributed by atoms with Crippen molar-refractivity contribution in [1.82, 2.24) is 30.7 Å². The maximum Gasteiger partial charge on any atom is 0.322 e. The fourth-order valence-electron chi connectivity index (χ4n) is 8.48. The molecule has 16 nitrogen and oxygen atoms in total. The van der Waals surface area contributed by atoms with Gasteiger partial charge in [0.2, 0.25) is 29.5 Å². The van der Waals surface area contributed by atoms with Gasteiger partial charge in [0.05, 0.1) is 49.3 Å². The van der Waals surface area contributed by atoms with Crippen LogP contribution in [0.3, 0.4) is 0 Å². The summed E-state index contributed by atoms with van der Waals surface area (Å²) in [5, 5.41) is 8.82. The summed E-state index contributed by atoms with van der Waals surface area (Å²) in [6.07, 6.45) is 1.24. The third-order valence-electron chi connectivity index (χ3n) is 12.1. The van der Waals surface area contributed by atoms with Gasteiger partial charge in [-0.05, 0) is 63.6 Å². The third kappa shape index (κ3) is 15.6. The van der Waals surface area contributed by atoms with Gasteiger partial charge in [-0.2, -0.15) is 0 Å². The highest BCUT2D eigenvalue weighted by Crippen LogP contribution is 2.30. The molecule has 1 aromatic carbocycles. The number of likely N-dealkylation sites (tertiary alicyclic amines) is 1. The van der Waals surface area contributed by atoms with Crippen molar-refractivity contribution in [2.45, 2.75) is 142 Å². The van der Waals surface area contributed by atoms with Gasteiger partial charge in [-0.25, -0.2) is 0 Å². The molecule has 5 amide bonds. The predicted octanol–water partition coefficient (Wildman–Crippen LogP) is 2.76. The normalized spacial score (nSPS) is 18.5. The van der Waals surface area contributed by atoms with Gasteiger partial charge < -0.3 is 45.7 Å². The Kier molecular flexibility index (Phi) is 23.1. The topological polar surface area (TPSA) is 202 Å². The van der Waals surface area contributed by atoms with Crippen molar-refractivity contribution >= 4 is 35.5 Å². The van der Waals surface area contributed by atoms with Crippen molar-refractivity contribution in [1.29, 1.82) is 0 Å². The minimum absolute atomic E-state index is 0.0187. The number of carbonyl (C=O) groups is 6. The average Bonchev–Trinajstić information content (AvgIpc) is 3.71. The summed E-state index contributed by atoms with van der Waals surface area (Å²) in [7, 11) is 8.47. The predicted molar refractivity (Wildman–Crippen MR) is 240 cm³/mol. The van der Waals surface area contributed by atoms with Crippen molar-refractivity contribution in [3.05, 3.63) is 35.9 Å². The second-order valence-electron chi connectivity index (χ2n) is 17.8. The Labute approximate surface area is 371 Å². The Bertz CT molecular complexity index is 1570. The molecule has 1 aromatic rings. The molecule has 0 radical (unpaired) electrons. The van der Waals surface area contributed by atoms with Gasteiger partial charge in [0.25, 0.3) is 0 Å². The van der Waals surface area contributed by atoms with Crippen molar-refractivity contribution in [3.63, 3.8) is 0 Å². The van der Waals surface area contributed by atoms with Crippen LogP contribution in [0.25, 0.3) is 0 Å². The molecule has 1 saturated heterocycles. The number of hydrogen-bond acceptors (Lipinski definition) is 11. The first-order valence-electron chi connectivity index (χ1n) is 22.3. The van der Waals surface area contributed by atoms with E-state index in [0.29, 0.717) is 32.2 Å². The molecule has 2 unspecified atom stereocenters. The van der Waals surface area contributed by atoms with Crippen LogP contribution in [0, 0.1) is 23.7 Å². The summed E-state index contributed by atoms with van der Waals surface area (Å²) in [6.45, 7) is 15.8. The number of benzene rings is 1. The quantitative estimate of drug-likeness (QED) is 0.0788. The number of rotatable bonds is 26. The first kappa shape index (κ1) is 54.0. The van der Waals surface area contributed by atoms with E-state index in [-0.39, 0.29) is 67.4 Å². The number of hydrogen-bond donors (Lipinski definition) is 4. The molecule has 1 fully saturated rings. The van der Waals surface area contributed by atoms with Gasteiger partial charge in [0, 0.05) is 40.8 Å². The maximum absolute atomic E-state index is 14.4. The fraction of sp³-hybridized carbons (Fsp3) is 0.739. The second kappa shape index (κ2) is 26.5. The average molecular weight is 874 g/mol. The SMILES string of the molecule is CC[C@H](C)C([C@@H](CC(=O)N1CCC[C@H]1[C@H](OC)[C@@H](C)C(=O)N[C@@H](Cc1ccccc1)C(=O)NCCCOC(=O)[C@H](C)N)OC)N(C)C(=O)[C@@H](NC(=O)C(C(C)C)N(C)C)C(C)C. The molecule has 1 heterocycles. The van der Waals surface area contributed by atoms with Crippen molar-refractivity contribution in [2.75, 3.05) is 55.1 Å². The smallest absolute Gasteiger partial charge is 0.322 e.